The minimum Gasteiger partial charge on any atom is -0.369 e. The summed E-state index contributed by atoms with van der Waals surface area (Å²) >= 11 is 0. The maximum absolute atomic E-state index is 11.6. The Balaban J connectivity index is 2.37. The third-order valence-electron chi connectivity index (χ3n) is 3.28. The van der Waals surface area contributed by atoms with Crippen LogP contribution in [0.15, 0.2) is 4.79 Å². The van der Waals surface area contributed by atoms with Gasteiger partial charge in [0.15, 0.2) is 0 Å². The van der Waals surface area contributed by atoms with Crippen molar-refractivity contribution in [3.05, 3.63) is 21.6 Å². The quantitative estimate of drug-likeness (QED) is 0.724. The van der Waals surface area contributed by atoms with Crippen molar-refractivity contribution in [1.29, 1.82) is 0 Å². The molecule has 3 N–H and O–H groups in total. The number of nitrogens with two attached hydrogens (primary N) is 1. The Hall–Kier alpha value is -1.32. The average molecular weight is 207 g/mol. The third kappa shape index (κ3) is 1.89. The lowest BCUT2D eigenvalue weighted by Gasteiger charge is -2.26. The van der Waals surface area contributed by atoms with Crippen LogP contribution in [0.2, 0.25) is 0 Å². The first-order valence-electron chi connectivity index (χ1n) is 5.45. The second kappa shape index (κ2) is 3.68. The summed E-state index contributed by atoms with van der Waals surface area (Å²) in [6.07, 6.45) is 2.81. The fourth-order valence-corrected chi connectivity index (χ4v) is 2.24. The number of aromatic amines is 1. The van der Waals surface area contributed by atoms with Gasteiger partial charge in [0.05, 0.1) is 5.69 Å². The van der Waals surface area contributed by atoms with E-state index in [4.69, 9.17) is 5.73 Å². The molecule has 1 aliphatic carbocycles. The van der Waals surface area contributed by atoms with Crippen molar-refractivity contribution < 1.29 is 0 Å². The van der Waals surface area contributed by atoms with E-state index in [2.05, 4.69) is 23.8 Å². The summed E-state index contributed by atoms with van der Waals surface area (Å²) in [4.78, 5) is 18.4. The fourth-order valence-electron chi connectivity index (χ4n) is 2.24. The Morgan fingerprint density at radius 2 is 2.27 bits per heavy atom. The molecular formula is C11H17N3O. The van der Waals surface area contributed by atoms with E-state index in [1.165, 1.54) is 0 Å². The molecule has 15 heavy (non-hydrogen) atoms. The Labute approximate surface area is 88.9 Å². The second-order valence-corrected chi connectivity index (χ2v) is 4.62. The number of nitrogens with zero attached hydrogens (tertiary/aromatic N) is 1. The van der Waals surface area contributed by atoms with Crippen LogP contribution in [0.3, 0.4) is 0 Å². The summed E-state index contributed by atoms with van der Waals surface area (Å²) in [7, 11) is 0. The van der Waals surface area contributed by atoms with Gasteiger partial charge in [0.25, 0.3) is 5.56 Å². The van der Waals surface area contributed by atoms with Gasteiger partial charge in [-0.25, -0.2) is 4.98 Å². The normalized spacial score (nSPS) is 20.3. The minimum atomic E-state index is -0.0558. The summed E-state index contributed by atoms with van der Waals surface area (Å²) in [6.45, 7) is 4.43. The van der Waals surface area contributed by atoms with Gasteiger partial charge >= 0.3 is 0 Å². The highest BCUT2D eigenvalue weighted by Crippen LogP contribution is 2.27. The molecule has 0 bridgehead atoms. The van der Waals surface area contributed by atoms with E-state index < -0.39 is 0 Å². The number of H-pyrrole nitrogens is 1. The van der Waals surface area contributed by atoms with Gasteiger partial charge in [-0.2, -0.15) is 0 Å². The highest BCUT2D eigenvalue weighted by Gasteiger charge is 2.24. The van der Waals surface area contributed by atoms with Crippen LogP contribution in [0.1, 0.15) is 31.5 Å². The van der Waals surface area contributed by atoms with Crippen LogP contribution in [-0.4, -0.2) is 9.97 Å². The minimum absolute atomic E-state index is 0.0558. The molecule has 0 spiro atoms. The Morgan fingerprint density at radius 1 is 1.53 bits per heavy atom. The Kier molecular flexibility index (Phi) is 2.50. The van der Waals surface area contributed by atoms with E-state index in [0.717, 1.165) is 30.5 Å². The van der Waals surface area contributed by atoms with Crippen molar-refractivity contribution in [2.75, 3.05) is 5.73 Å². The summed E-state index contributed by atoms with van der Waals surface area (Å²) in [6, 6.07) is 0. The van der Waals surface area contributed by atoms with Crippen LogP contribution in [-0.2, 0) is 12.8 Å². The largest absolute Gasteiger partial charge is 0.369 e. The van der Waals surface area contributed by atoms with Gasteiger partial charge in [-0.3, -0.25) is 9.78 Å². The first-order valence-corrected chi connectivity index (χ1v) is 5.45. The lowest BCUT2D eigenvalue weighted by Crippen LogP contribution is -2.27. The SMILES string of the molecule is CC(C)C1CCc2c(nc(N)[nH]c2=O)C1. The van der Waals surface area contributed by atoms with Crippen LogP contribution < -0.4 is 11.3 Å². The molecule has 1 heterocycles. The van der Waals surface area contributed by atoms with Gasteiger partial charge in [0, 0.05) is 5.56 Å². The van der Waals surface area contributed by atoms with Gasteiger partial charge in [-0.05, 0) is 31.1 Å². The highest BCUT2D eigenvalue weighted by atomic mass is 16.1. The molecule has 1 unspecified atom stereocenters. The van der Waals surface area contributed by atoms with Crippen molar-refractivity contribution in [2.24, 2.45) is 11.8 Å². The van der Waals surface area contributed by atoms with Crippen LogP contribution >= 0.6 is 0 Å². The molecule has 0 saturated heterocycles. The fraction of sp³-hybridized carbons (Fsp3) is 0.636. The molecule has 0 saturated carbocycles. The van der Waals surface area contributed by atoms with Crippen LogP contribution in [0.4, 0.5) is 5.95 Å². The van der Waals surface area contributed by atoms with Crippen LogP contribution in [0.25, 0.3) is 0 Å². The molecule has 1 atom stereocenters. The van der Waals surface area contributed by atoms with E-state index in [1.807, 2.05) is 0 Å². The molecule has 0 fully saturated rings. The average Bonchev–Trinajstić information content (AvgIpc) is 2.16. The second-order valence-electron chi connectivity index (χ2n) is 4.62. The zero-order chi connectivity index (χ0) is 11.0. The molecule has 2 rings (SSSR count). The number of nitrogens with one attached hydrogen (secondary N) is 1. The number of anilines is 1. The molecule has 1 aromatic heterocycles. The molecule has 0 radical (unpaired) electrons. The Bertz CT molecular complexity index is 422. The van der Waals surface area contributed by atoms with E-state index >= 15 is 0 Å². The summed E-state index contributed by atoms with van der Waals surface area (Å²) in [5, 5.41) is 0. The van der Waals surface area contributed by atoms with E-state index in [1.54, 1.807) is 0 Å². The number of rotatable bonds is 1. The van der Waals surface area contributed by atoms with Gasteiger partial charge < -0.3 is 5.73 Å². The number of hydrogen-bond acceptors (Lipinski definition) is 3. The number of fused-ring (bicyclic) bond motifs is 1. The maximum atomic E-state index is 11.6. The standard InChI is InChI=1S/C11H17N3O/c1-6(2)7-3-4-8-9(5-7)13-11(12)14-10(8)15/h6-7H,3-5H2,1-2H3,(H3,12,13,14,15). The smallest absolute Gasteiger partial charge is 0.255 e. The summed E-state index contributed by atoms with van der Waals surface area (Å²) in [5.41, 5.74) is 7.22. The zero-order valence-electron chi connectivity index (χ0n) is 9.21. The maximum Gasteiger partial charge on any atom is 0.255 e. The summed E-state index contributed by atoms with van der Waals surface area (Å²) in [5.74, 6) is 1.51. The number of aromatic nitrogens is 2. The van der Waals surface area contributed by atoms with E-state index in [-0.39, 0.29) is 11.5 Å². The molecule has 1 aliphatic rings. The van der Waals surface area contributed by atoms with E-state index in [0.29, 0.717) is 11.8 Å². The van der Waals surface area contributed by atoms with Gasteiger partial charge in [0.1, 0.15) is 0 Å². The Morgan fingerprint density at radius 3 is 2.93 bits per heavy atom. The van der Waals surface area contributed by atoms with Crippen LogP contribution in [0, 0.1) is 11.8 Å². The van der Waals surface area contributed by atoms with Crippen molar-refractivity contribution in [1.82, 2.24) is 9.97 Å². The zero-order valence-corrected chi connectivity index (χ0v) is 9.21. The molecule has 4 nitrogen and oxygen atoms in total. The van der Waals surface area contributed by atoms with Gasteiger partial charge in [-0.15, -0.1) is 0 Å². The monoisotopic (exact) mass is 207 g/mol. The number of hydrogen-bond donors (Lipinski definition) is 2. The lowest BCUT2D eigenvalue weighted by molar-refractivity contribution is 0.337. The van der Waals surface area contributed by atoms with Gasteiger partial charge in [-0.1, -0.05) is 13.8 Å². The molecule has 1 aromatic rings. The summed E-state index contributed by atoms with van der Waals surface area (Å²) < 4.78 is 0. The molecule has 4 heteroatoms. The van der Waals surface area contributed by atoms with Crippen molar-refractivity contribution in [2.45, 2.75) is 33.1 Å². The van der Waals surface area contributed by atoms with Crippen molar-refractivity contribution >= 4 is 5.95 Å². The third-order valence-corrected chi connectivity index (χ3v) is 3.28. The first kappa shape index (κ1) is 10.2. The topological polar surface area (TPSA) is 71.8 Å². The molecule has 0 aliphatic heterocycles. The molecule has 0 aromatic carbocycles. The number of nitrogen functional groups attached to an aromatic ring is 1. The van der Waals surface area contributed by atoms with Crippen molar-refractivity contribution in [3.8, 4) is 0 Å². The lowest BCUT2D eigenvalue weighted by atomic mass is 9.81. The molecule has 0 amide bonds. The van der Waals surface area contributed by atoms with Gasteiger partial charge in [0.2, 0.25) is 5.95 Å². The van der Waals surface area contributed by atoms with E-state index in [9.17, 15) is 4.79 Å². The van der Waals surface area contributed by atoms with Crippen LogP contribution in [0.5, 0.6) is 0 Å². The van der Waals surface area contributed by atoms with Crippen molar-refractivity contribution in [3.63, 3.8) is 0 Å². The molecule has 82 valence electrons. The predicted octanol–water partition coefficient (Wildman–Crippen LogP) is 1.11. The highest BCUT2D eigenvalue weighted by molar-refractivity contribution is 5.27. The predicted molar refractivity (Wildman–Crippen MR) is 59.6 cm³/mol. The molecular weight excluding hydrogens is 190 g/mol. The first-order chi connectivity index (χ1) is 7.08.